The van der Waals surface area contributed by atoms with E-state index in [4.69, 9.17) is 5.73 Å². The van der Waals surface area contributed by atoms with Gasteiger partial charge in [-0.3, -0.25) is 9.59 Å². The van der Waals surface area contributed by atoms with E-state index in [1.165, 1.54) is 5.56 Å². The Hall–Kier alpha value is -1.84. The average Bonchev–Trinajstić information content (AvgIpc) is 2.25. The van der Waals surface area contributed by atoms with Crippen molar-refractivity contribution in [3.8, 4) is 0 Å². The predicted molar refractivity (Wildman–Crippen MR) is 75.7 cm³/mol. The van der Waals surface area contributed by atoms with E-state index in [0.717, 1.165) is 16.7 Å². The highest BCUT2D eigenvalue weighted by molar-refractivity contribution is 6.34. The molecule has 0 saturated heterocycles. The zero-order chi connectivity index (χ0) is 14.8. The number of nitrogens with two attached hydrogens (primary N) is 1. The summed E-state index contributed by atoms with van der Waals surface area (Å²) in [5.74, 6) is -1.71. The van der Waals surface area contributed by atoms with Crippen molar-refractivity contribution in [2.24, 2.45) is 5.73 Å². The molecular weight excluding hydrogens is 240 g/mol. The van der Waals surface area contributed by atoms with Gasteiger partial charge in [0.1, 0.15) is 0 Å². The van der Waals surface area contributed by atoms with Crippen LogP contribution >= 0.6 is 0 Å². The summed E-state index contributed by atoms with van der Waals surface area (Å²) >= 11 is 0. The monoisotopic (exact) mass is 262 g/mol. The lowest BCUT2D eigenvalue weighted by atomic mass is 9.84. The molecule has 19 heavy (non-hydrogen) atoms. The number of carbonyl (C=O) groups is 2. The summed E-state index contributed by atoms with van der Waals surface area (Å²) < 4.78 is 0. The number of nitrogens with one attached hydrogen (secondary N) is 1. The predicted octanol–water partition coefficient (Wildman–Crippen LogP) is 1.70. The van der Waals surface area contributed by atoms with Crippen LogP contribution in [0.25, 0.3) is 0 Å². The zero-order valence-electron chi connectivity index (χ0n) is 12.3. The van der Waals surface area contributed by atoms with Crippen LogP contribution in [-0.2, 0) is 21.5 Å². The molecule has 0 aliphatic heterocycles. The second-order valence-electron chi connectivity index (χ2n) is 5.89. The standard InChI is InChI=1S/C15H22N2O2/c1-9-6-11(15(3,4)5)7-10(2)12(9)8-17-14(19)13(16)18/h6-7H,8H2,1-5H3,(H2,16,18)(H,17,19). The fourth-order valence-electron chi connectivity index (χ4n) is 1.96. The fraction of sp³-hybridized carbons (Fsp3) is 0.467. The van der Waals surface area contributed by atoms with Crippen LogP contribution in [-0.4, -0.2) is 11.8 Å². The molecule has 0 bridgehead atoms. The van der Waals surface area contributed by atoms with E-state index in [1.54, 1.807) is 0 Å². The van der Waals surface area contributed by atoms with Crippen LogP contribution in [0.2, 0.25) is 0 Å². The second-order valence-corrected chi connectivity index (χ2v) is 5.89. The van der Waals surface area contributed by atoms with Gasteiger partial charge < -0.3 is 11.1 Å². The van der Waals surface area contributed by atoms with Crippen molar-refractivity contribution in [3.05, 3.63) is 34.4 Å². The second kappa shape index (κ2) is 5.43. The van der Waals surface area contributed by atoms with Crippen LogP contribution in [0.4, 0.5) is 0 Å². The topological polar surface area (TPSA) is 72.2 Å². The number of amides is 2. The molecule has 4 nitrogen and oxygen atoms in total. The highest BCUT2D eigenvalue weighted by Gasteiger charge is 2.17. The minimum Gasteiger partial charge on any atom is -0.361 e. The van der Waals surface area contributed by atoms with Crippen LogP contribution in [0, 0.1) is 13.8 Å². The molecule has 0 unspecified atom stereocenters. The van der Waals surface area contributed by atoms with Gasteiger partial charge in [-0.15, -0.1) is 0 Å². The first-order valence-electron chi connectivity index (χ1n) is 6.31. The summed E-state index contributed by atoms with van der Waals surface area (Å²) in [5, 5.41) is 2.52. The Balaban J connectivity index is 2.98. The van der Waals surface area contributed by atoms with Crippen LogP contribution < -0.4 is 11.1 Å². The highest BCUT2D eigenvalue weighted by atomic mass is 16.2. The molecule has 1 aromatic carbocycles. The van der Waals surface area contributed by atoms with Gasteiger partial charge in [0.25, 0.3) is 0 Å². The van der Waals surface area contributed by atoms with Crippen molar-refractivity contribution < 1.29 is 9.59 Å². The van der Waals surface area contributed by atoms with Gasteiger partial charge in [0.15, 0.2) is 0 Å². The third-order valence-corrected chi connectivity index (χ3v) is 3.21. The van der Waals surface area contributed by atoms with Gasteiger partial charge in [0.05, 0.1) is 0 Å². The molecule has 3 N–H and O–H groups in total. The van der Waals surface area contributed by atoms with Crippen molar-refractivity contribution in [2.75, 3.05) is 0 Å². The third-order valence-electron chi connectivity index (χ3n) is 3.21. The van der Waals surface area contributed by atoms with Gasteiger partial charge in [-0.2, -0.15) is 0 Å². The van der Waals surface area contributed by atoms with Gasteiger partial charge in [0, 0.05) is 6.54 Å². The van der Waals surface area contributed by atoms with Crippen molar-refractivity contribution in [2.45, 2.75) is 46.6 Å². The summed E-state index contributed by atoms with van der Waals surface area (Å²) in [7, 11) is 0. The number of benzene rings is 1. The number of carbonyl (C=O) groups excluding carboxylic acids is 2. The lowest BCUT2D eigenvalue weighted by molar-refractivity contribution is -0.137. The number of hydrogen-bond acceptors (Lipinski definition) is 2. The Morgan fingerprint density at radius 3 is 2.00 bits per heavy atom. The summed E-state index contributed by atoms with van der Waals surface area (Å²) in [6, 6.07) is 4.25. The minimum absolute atomic E-state index is 0.0878. The summed E-state index contributed by atoms with van der Waals surface area (Å²) in [6.45, 7) is 10.8. The molecule has 0 saturated carbocycles. The van der Waals surface area contributed by atoms with Crippen molar-refractivity contribution in [1.82, 2.24) is 5.32 Å². The molecule has 0 radical (unpaired) electrons. The highest BCUT2D eigenvalue weighted by Crippen LogP contribution is 2.26. The molecule has 2 amide bonds. The number of rotatable bonds is 2. The number of aryl methyl sites for hydroxylation is 2. The van der Waals surface area contributed by atoms with Gasteiger partial charge in [-0.1, -0.05) is 32.9 Å². The zero-order valence-corrected chi connectivity index (χ0v) is 12.3. The molecule has 0 aliphatic rings. The van der Waals surface area contributed by atoms with E-state index >= 15 is 0 Å². The average molecular weight is 262 g/mol. The molecule has 0 heterocycles. The van der Waals surface area contributed by atoms with E-state index in [9.17, 15) is 9.59 Å². The van der Waals surface area contributed by atoms with E-state index in [2.05, 4.69) is 38.2 Å². The lowest BCUT2D eigenvalue weighted by Gasteiger charge is -2.22. The molecule has 0 atom stereocenters. The Labute approximate surface area is 114 Å². The number of hydrogen-bond donors (Lipinski definition) is 2. The van der Waals surface area contributed by atoms with Crippen molar-refractivity contribution in [1.29, 1.82) is 0 Å². The molecule has 1 aromatic rings. The maximum atomic E-state index is 11.2. The molecule has 0 aliphatic carbocycles. The summed E-state index contributed by atoms with van der Waals surface area (Å²) in [4.78, 5) is 21.9. The Morgan fingerprint density at radius 1 is 1.16 bits per heavy atom. The maximum absolute atomic E-state index is 11.2. The molecular formula is C15H22N2O2. The smallest absolute Gasteiger partial charge is 0.309 e. The van der Waals surface area contributed by atoms with Crippen LogP contribution in [0.5, 0.6) is 0 Å². The molecule has 104 valence electrons. The third kappa shape index (κ3) is 3.81. The first-order chi connectivity index (χ1) is 8.62. The van der Waals surface area contributed by atoms with Crippen molar-refractivity contribution in [3.63, 3.8) is 0 Å². The van der Waals surface area contributed by atoms with Crippen molar-refractivity contribution >= 4 is 11.8 Å². The first kappa shape index (κ1) is 15.2. The van der Waals surface area contributed by atoms with Gasteiger partial charge in [-0.05, 0) is 41.5 Å². The molecule has 1 rings (SSSR count). The Bertz CT molecular complexity index is 490. The first-order valence-corrected chi connectivity index (χ1v) is 6.31. The Kier molecular flexibility index (Phi) is 4.35. The number of primary amides is 1. The van der Waals surface area contributed by atoms with E-state index in [-0.39, 0.29) is 5.41 Å². The van der Waals surface area contributed by atoms with E-state index in [1.807, 2.05) is 13.8 Å². The quantitative estimate of drug-likeness (QED) is 0.796. The fourth-order valence-corrected chi connectivity index (χ4v) is 1.96. The summed E-state index contributed by atoms with van der Waals surface area (Å²) in [5.41, 5.74) is 9.49. The minimum atomic E-state index is -0.957. The van der Waals surface area contributed by atoms with Gasteiger partial charge >= 0.3 is 11.8 Å². The molecule has 0 spiro atoms. The SMILES string of the molecule is Cc1cc(C(C)(C)C)cc(C)c1CNC(=O)C(N)=O. The molecule has 4 heteroatoms. The Morgan fingerprint density at radius 2 is 1.63 bits per heavy atom. The van der Waals surface area contributed by atoms with Crippen LogP contribution in [0.1, 0.15) is 43.0 Å². The van der Waals surface area contributed by atoms with Crippen LogP contribution in [0.3, 0.4) is 0 Å². The summed E-state index contributed by atoms with van der Waals surface area (Å²) in [6.07, 6.45) is 0. The van der Waals surface area contributed by atoms with Gasteiger partial charge in [-0.25, -0.2) is 0 Å². The van der Waals surface area contributed by atoms with Gasteiger partial charge in [0.2, 0.25) is 0 Å². The normalized spacial score (nSPS) is 11.2. The largest absolute Gasteiger partial charge is 0.361 e. The molecule has 0 fully saturated rings. The van der Waals surface area contributed by atoms with E-state index in [0.29, 0.717) is 6.54 Å². The maximum Gasteiger partial charge on any atom is 0.309 e. The van der Waals surface area contributed by atoms with E-state index < -0.39 is 11.8 Å². The molecule has 0 aromatic heterocycles. The van der Waals surface area contributed by atoms with Crippen LogP contribution in [0.15, 0.2) is 12.1 Å². The lowest BCUT2D eigenvalue weighted by Crippen LogP contribution is -2.35.